The van der Waals surface area contributed by atoms with E-state index in [2.05, 4.69) is 15.3 Å². The number of piperidine rings is 1. The average Bonchev–Trinajstić information content (AvgIpc) is 3.03. The number of hydrogen-bond acceptors (Lipinski definition) is 5. The molecule has 1 aromatic rings. The molecule has 0 unspecified atom stereocenters. The summed E-state index contributed by atoms with van der Waals surface area (Å²) in [6.45, 7) is 4.75. The van der Waals surface area contributed by atoms with Crippen molar-refractivity contribution in [1.82, 2.24) is 24.3 Å². The molecule has 9 heteroatoms. The lowest BCUT2D eigenvalue weighted by atomic mass is 9.86. The number of sulfonamides is 1. The Bertz CT molecular complexity index is 706. The van der Waals surface area contributed by atoms with Gasteiger partial charge in [-0.2, -0.15) is 9.40 Å². The minimum Gasteiger partial charge on any atom is -0.354 e. The smallest absolute Gasteiger partial charge is 0.246 e. The predicted octanol–water partition coefficient (Wildman–Crippen LogP) is -0.122. The summed E-state index contributed by atoms with van der Waals surface area (Å²) < 4.78 is 28.6. The lowest BCUT2D eigenvalue weighted by molar-refractivity contribution is -0.134. The van der Waals surface area contributed by atoms with Crippen LogP contribution >= 0.6 is 0 Å². The van der Waals surface area contributed by atoms with Crippen molar-refractivity contribution >= 4 is 15.9 Å². The van der Waals surface area contributed by atoms with Gasteiger partial charge in [0.1, 0.15) is 10.4 Å². The quantitative estimate of drug-likeness (QED) is 0.817. The molecule has 2 saturated heterocycles. The van der Waals surface area contributed by atoms with Crippen molar-refractivity contribution in [3.05, 3.63) is 12.4 Å². The summed E-state index contributed by atoms with van der Waals surface area (Å²) in [4.78, 5) is 14.8. The van der Waals surface area contributed by atoms with Gasteiger partial charge in [-0.05, 0) is 33.2 Å². The molecule has 0 saturated carbocycles. The topological polar surface area (TPSA) is 87.5 Å². The largest absolute Gasteiger partial charge is 0.354 e. The number of likely N-dealkylation sites (N-methyl/N-ethyl adjacent to an activating group) is 1. The van der Waals surface area contributed by atoms with Crippen LogP contribution < -0.4 is 5.32 Å². The molecule has 134 valence electrons. The maximum absolute atomic E-state index is 12.8. The Labute approximate surface area is 142 Å². The van der Waals surface area contributed by atoms with E-state index in [1.54, 1.807) is 10.9 Å². The highest BCUT2D eigenvalue weighted by atomic mass is 32.2. The lowest BCUT2D eigenvalue weighted by Gasteiger charge is -2.44. The second kappa shape index (κ2) is 6.45. The fourth-order valence-corrected chi connectivity index (χ4v) is 4.97. The van der Waals surface area contributed by atoms with E-state index in [-0.39, 0.29) is 10.8 Å². The molecule has 1 spiro atoms. The number of hydrogen-bond donors (Lipinski definition) is 1. The number of rotatable bonds is 3. The molecule has 0 aliphatic carbocycles. The molecule has 2 aliphatic rings. The minimum absolute atomic E-state index is 0.0263. The maximum Gasteiger partial charge on any atom is 0.246 e. The molecule has 2 fully saturated rings. The fourth-order valence-electron chi connectivity index (χ4n) is 3.58. The molecular formula is C15H25N5O3S. The van der Waals surface area contributed by atoms with Gasteiger partial charge in [-0.15, -0.1) is 0 Å². The summed E-state index contributed by atoms with van der Waals surface area (Å²) in [7, 11) is -1.59. The van der Waals surface area contributed by atoms with Crippen molar-refractivity contribution in [2.24, 2.45) is 0 Å². The van der Waals surface area contributed by atoms with Crippen LogP contribution in [0.1, 0.15) is 26.2 Å². The molecule has 0 aromatic carbocycles. The predicted molar refractivity (Wildman–Crippen MR) is 88.9 cm³/mol. The molecular weight excluding hydrogens is 330 g/mol. The number of carbonyl (C=O) groups is 1. The van der Waals surface area contributed by atoms with Gasteiger partial charge in [0.25, 0.3) is 0 Å². The van der Waals surface area contributed by atoms with E-state index in [4.69, 9.17) is 0 Å². The van der Waals surface area contributed by atoms with Crippen molar-refractivity contribution in [2.75, 3.05) is 33.2 Å². The van der Waals surface area contributed by atoms with E-state index >= 15 is 0 Å². The summed E-state index contributed by atoms with van der Waals surface area (Å²) in [5, 5.41) is 7.02. The minimum atomic E-state index is -3.55. The van der Waals surface area contributed by atoms with Gasteiger partial charge in [0.2, 0.25) is 15.9 Å². The van der Waals surface area contributed by atoms with Crippen LogP contribution in [0.15, 0.2) is 17.3 Å². The Morgan fingerprint density at radius 2 is 2.00 bits per heavy atom. The summed E-state index contributed by atoms with van der Waals surface area (Å²) in [5.74, 6) is 0.0263. The number of aryl methyl sites for hydroxylation is 1. The van der Waals surface area contributed by atoms with Crippen LogP contribution in [0.2, 0.25) is 0 Å². The number of nitrogens with one attached hydrogen (secondary N) is 1. The van der Waals surface area contributed by atoms with Crippen LogP contribution in [-0.4, -0.2) is 72.1 Å². The zero-order chi connectivity index (χ0) is 17.4. The zero-order valence-electron chi connectivity index (χ0n) is 14.2. The second-order valence-electron chi connectivity index (χ2n) is 6.50. The van der Waals surface area contributed by atoms with E-state index in [9.17, 15) is 13.2 Å². The number of carbonyl (C=O) groups excluding carboxylic acids is 1. The first-order valence-electron chi connectivity index (χ1n) is 8.42. The first kappa shape index (κ1) is 17.4. The maximum atomic E-state index is 12.8. The average molecular weight is 355 g/mol. The Hall–Kier alpha value is -1.45. The molecule has 0 bridgehead atoms. The number of aromatic nitrogens is 2. The van der Waals surface area contributed by atoms with E-state index in [0.717, 1.165) is 13.0 Å². The van der Waals surface area contributed by atoms with Gasteiger partial charge in [0, 0.05) is 38.9 Å². The van der Waals surface area contributed by atoms with Crippen LogP contribution in [0, 0.1) is 0 Å². The zero-order valence-corrected chi connectivity index (χ0v) is 15.0. The molecule has 8 nitrogen and oxygen atoms in total. The number of amides is 1. The van der Waals surface area contributed by atoms with Gasteiger partial charge in [0.15, 0.2) is 0 Å². The van der Waals surface area contributed by atoms with Crippen LogP contribution in [0.4, 0.5) is 0 Å². The fraction of sp³-hybridized carbons (Fsp3) is 0.733. The van der Waals surface area contributed by atoms with Crippen LogP contribution in [-0.2, 0) is 21.4 Å². The van der Waals surface area contributed by atoms with Crippen LogP contribution in [0.3, 0.4) is 0 Å². The molecule has 24 heavy (non-hydrogen) atoms. The Morgan fingerprint density at radius 3 is 2.62 bits per heavy atom. The monoisotopic (exact) mass is 355 g/mol. The molecule has 1 amide bonds. The second-order valence-corrected chi connectivity index (χ2v) is 8.44. The highest BCUT2D eigenvalue weighted by molar-refractivity contribution is 7.89. The standard InChI is InChI=1S/C15H25N5O3S/c1-3-19-12-13(11-17-19)24(22,23)20-9-5-15(6-10-20)14(21)16-7-4-8-18(15)2/h11-12H,3-10H2,1-2H3,(H,16,21). The Kier molecular flexibility index (Phi) is 4.67. The lowest BCUT2D eigenvalue weighted by Crippen LogP contribution is -2.61. The molecule has 1 aromatic heterocycles. The summed E-state index contributed by atoms with van der Waals surface area (Å²) >= 11 is 0. The van der Waals surface area contributed by atoms with Gasteiger partial charge in [-0.25, -0.2) is 8.42 Å². The van der Waals surface area contributed by atoms with E-state index in [0.29, 0.717) is 39.0 Å². The summed E-state index contributed by atoms with van der Waals surface area (Å²) in [5.41, 5.74) is -0.587. The summed E-state index contributed by atoms with van der Waals surface area (Å²) in [6, 6.07) is 0. The highest BCUT2D eigenvalue weighted by Gasteiger charge is 2.47. The third kappa shape index (κ3) is 2.84. The van der Waals surface area contributed by atoms with E-state index in [1.807, 2.05) is 14.0 Å². The molecule has 0 radical (unpaired) electrons. The SMILES string of the molecule is CCn1cc(S(=O)(=O)N2CCC3(CC2)C(=O)NCCCN3C)cn1. The van der Waals surface area contributed by atoms with Gasteiger partial charge in [-0.3, -0.25) is 14.4 Å². The van der Waals surface area contributed by atoms with Crippen molar-refractivity contribution in [3.63, 3.8) is 0 Å². The van der Waals surface area contributed by atoms with E-state index in [1.165, 1.54) is 10.5 Å². The van der Waals surface area contributed by atoms with E-state index < -0.39 is 15.6 Å². The number of nitrogens with zero attached hydrogens (tertiary/aromatic N) is 4. The molecule has 0 atom stereocenters. The van der Waals surface area contributed by atoms with Gasteiger partial charge >= 0.3 is 0 Å². The molecule has 3 heterocycles. The first-order valence-corrected chi connectivity index (χ1v) is 9.86. The van der Waals surface area contributed by atoms with Crippen molar-refractivity contribution < 1.29 is 13.2 Å². The van der Waals surface area contributed by atoms with Crippen LogP contribution in [0.5, 0.6) is 0 Å². The normalized spacial score (nSPS) is 23.2. The Balaban J connectivity index is 1.77. The third-order valence-corrected chi connectivity index (χ3v) is 7.08. The van der Waals surface area contributed by atoms with Crippen molar-refractivity contribution in [3.8, 4) is 0 Å². The first-order chi connectivity index (χ1) is 11.4. The Morgan fingerprint density at radius 1 is 1.29 bits per heavy atom. The van der Waals surface area contributed by atoms with Gasteiger partial charge in [-0.1, -0.05) is 0 Å². The van der Waals surface area contributed by atoms with Crippen molar-refractivity contribution in [2.45, 2.75) is 43.2 Å². The van der Waals surface area contributed by atoms with Crippen molar-refractivity contribution in [1.29, 1.82) is 0 Å². The van der Waals surface area contributed by atoms with Gasteiger partial charge in [0.05, 0.1) is 6.20 Å². The molecule has 1 N–H and O–H groups in total. The highest BCUT2D eigenvalue weighted by Crippen LogP contribution is 2.32. The third-order valence-electron chi connectivity index (χ3n) is 5.23. The summed E-state index contributed by atoms with van der Waals surface area (Å²) in [6.07, 6.45) is 4.90. The van der Waals surface area contributed by atoms with Gasteiger partial charge < -0.3 is 5.32 Å². The molecule has 3 rings (SSSR count). The molecule has 2 aliphatic heterocycles. The van der Waals surface area contributed by atoms with Crippen LogP contribution in [0.25, 0.3) is 0 Å².